The maximum absolute atomic E-state index is 11.3. The van der Waals surface area contributed by atoms with E-state index in [2.05, 4.69) is 18.2 Å². The van der Waals surface area contributed by atoms with Gasteiger partial charge in [-0.2, -0.15) is 0 Å². The molecule has 0 amide bonds. The van der Waals surface area contributed by atoms with Gasteiger partial charge < -0.3 is 14.6 Å². The molecule has 7 heteroatoms. The number of fused-ring (bicyclic) bond motifs is 3. The van der Waals surface area contributed by atoms with Crippen molar-refractivity contribution in [1.29, 1.82) is 0 Å². The number of carboxylic acids is 1. The molecule has 0 saturated heterocycles. The third-order valence-corrected chi connectivity index (χ3v) is 7.84. The second-order valence-electron chi connectivity index (χ2n) is 8.62. The normalized spacial score (nSPS) is 15.3. The van der Waals surface area contributed by atoms with E-state index in [1.165, 1.54) is 0 Å². The van der Waals surface area contributed by atoms with Crippen LogP contribution in [0.25, 0.3) is 23.1 Å². The van der Waals surface area contributed by atoms with Gasteiger partial charge in [-0.25, -0.2) is 4.98 Å². The van der Waals surface area contributed by atoms with Gasteiger partial charge in [0, 0.05) is 33.6 Å². The number of carbonyl (C=O) groups is 1. The number of benzene rings is 3. The number of hydrogen-bond acceptors (Lipinski definition) is 5. The van der Waals surface area contributed by atoms with Crippen LogP contribution in [0.4, 0.5) is 0 Å². The van der Waals surface area contributed by atoms with Crippen LogP contribution in [0, 0.1) is 5.92 Å². The van der Waals surface area contributed by atoms with E-state index in [9.17, 15) is 9.90 Å². The van der Waals surface area contributed by atoms with Crippen LogP contribution in [-0.4, -0.2) is 16.7 Å². The van der Waals surface area contributed by atoms with Crippen molar-refractivity contribution in [2.45, 2.75) is 18.8 Å². The van der Waals surface area contributed by atoms with Gasteiger partial charge in [-0.1, -0.05) is 67.1 Å². The molecule has 3 aromatic carbocycles. The van der Waals surface area contributed by atoms with Crippen molar-refractivity contribution >= 4 is 52.4 Å². The summed E-state index contributed by atoms with van der Waals surface area (Å²) in [6, 6.07) is 24.0. The average Bonchev–Trinajstić information content (AvgIpc) is 3.02. The van der Waals surface area contributed by atoms with Gasteiger partial charge in [0.2, 0.25) is 0 Å². The zero-order valence-corrected chi connectivity index (χ0v) is 23.7. The average molecular weight is 524 g/mol. The summed E-state index contributed by atoms with van der Waals surface area (Å²) in [6.07, 6.45) is 4.01. The molecule has 1 aromatic heterocycles. The smallest absolute Gasteiger partial charge is 0.550 e. The summed E-state index contributed by atoms with van der Waals surface area (Å²) in [6.45, 7) is 2.17. The predicted molar refractivity (Wildman–Crippen MR) is 141 cm³/mol. The van der Waals surface area contributed by atoms with Gasteiger partial charge in [-0.3, -0.25) is 0 Å². The Labute approximate surface area is 242 Å². The molecule has 4 nitrogen and oxygen atoms in total. The van der Waals surface area contributed by atoms with E-state index < -0.39 is 11.9 Å². The van der Waals surface area contributed by atoms with Crippen LogP contribution in [0.2, 0.25) is 5.02 Å². The molecule has 1 unspecified atom stereocenters. The maximum Gasteiger partial charge on any atom is 1.00 e. The monoisotopic (exact) mass is 523 g/mol. The minimum atomic E-state index is -1.03. The molecule has 0 saturated carbocycles. The third kappa shape index (κ3) is 5.99. The molecule has 0 bridgehead atoms. The fourth-order valence-corrected chi connectivity index (χ4v) is 5.68. The first-order chi connectivity index (χ1) is 17.0. The summed E-state index contributed by atoms with van der Waals surface area (Å²) >= 11 is 7.74. The Morgan fingerprint density at radius 1 is 1.11 bits per heavy atom. The number of carboxylic acid groups (broad SMARTS) is 1. The van der Waals surface area contributed by atoms with Crippen molar-refractivity contribution in [3.63, 3.8) is 0 Å². The number of ether oxygens (including phenoxy) is 1. The molecule has 0 radical (unpaired) electrons. The first-order valence-corrected chi connectivity index (χ1v) is 12.8. The molecule has 5 rings (SSSR count). The van der Waals surface area contributed by atoms with Crippen LogP contribution in [-0.2, 0) is 11.4 Å². The molecule has 0 N–H and O–H groups in total. The standard InChI is InChI=1S/C29H24ClNO3S.Na/c1-18(29(32)33)17-35-28-24-5-3-2-4-21(24)16-34-27-13-7-19(14-25(27)28)6-11-23-12-9-20-8-10-22(30)15-26(20)31-23;/h2-15,18,28H,16-17H2,1H3,(H,32,33);/q;+1/p-1/t18-,28?;/m0./s1. The van der Waals surface area contributed by atoms with Crippen LogP contribution >= 0.6 is 23.4 Å². The largest absolute Gasteiger partial charge is 1.00 e. The molecule has 1 aliphatic heterocycles. The van der Waals surface area contributed by atoms with Crippen LogP contribution in [0.5, 0.6) is 5.75 Å². The number of thioether (sulfide) groups is 1. The number of pyridine rings is 1. The van der Waals surface area contributed by atoms with Crippen molar-refractivity contribution < 1.29 is 44.2 Å². The Balaban J connectivity index is 0.00000304. The van der Waals surface area contributed by atoms with Crippen molar-refractivity contribution in [2.24, 2.45) is 5.92 Å². The van der Waals surface area contributed by atoms with Crippen molar-refractivity contribution in [1.82, 2.24) is 4.98 Å². The number of rotatable bonds is 6. The SMILES string of the molecule is C[C@@H](CSC1c2ccccc2COc2ccc(C=Cc3ccc4ccc(Cl)cc4n3)cc21)C(=O)[O-].[Na+]. The van der Waals surface area contributed by atoms with Crippen molar-refractivity contribution in [3.05, 3.63) is 106 Å². The second-order valence-corrected chi connectivity index (χ2v) is 10.2. The van der Waals surface area contributed by atoms with Gasteiger partial charge in [0.1, 0.15) is 12.4 Å². The number of aliphatic carboxylic acids is 1. The second kappa shape index (κ2) is 11.8. The summed E-state index contributed by atoms with van der Waals surface area (Å²) in [5.41, 5.74) is 5.99. The Kier molecular flexibility index (Phi) is 8.81. The Morgan fingerprint density at radius 3 is 2.75 bits per heavy atom. The van der Waals surface area contributed by atoms with Gasteiger partial charge in [0.15, 0.2) is 0 Å². The molecule has 36 heavy (non-hydrogen) atoms. The minimum Gasteiger partial charge on any atom is -0.550 e. The number of halogens is 1. The Bertz CT molecular complexity index is 1440. The quantitative estimate of drug-likeness (QED) is 0.363. The van der Waals surface area contributed by atoms with Crippen LogP contribution in [0.15, 0.2) is 72.8 Å². The molecular formula is C29H23ClNNaO3S. The Hall–Kier alpha value is -2.28. The van der Waals surface area contributed by atoms with Gasteiger partial charge in [0.05, 0.1) is 16.5 Å². The number of nitrogens with zero attached hydrogens (tertiary/aromatic N) is 1. The molecular weight excluding hydrogens is 501 g/mol. The molecule has 4 aromatic rings. The molecule has 0 aliphatic carbocycles. The molecule has 0 spiro atoms. The van der Waals surface area contributed by atoms with E-state index in [1.54, 1.807) is 18.7 Å². The van der Waals surface area contributed by atoms with Gasteiger partial charge >= 0.3 is 29.6 Å². The topological polar surface area (TPSA) is 62.2 Å². The zero-order valence-electron chi connectivity index (χ0n) is 20.1. The third-order valence-electron chi connectivity index (χ3n) is 6.07. The summed E-state index contributed by atoms with van der Waals surface area (Å²) in [5.74, 6) is -0.313. The van der Waals surface area contributed by atoms with E-state index >= 15 is 0 Å². The van der Waals surface area contributed by atoms with Gasteiger partial charge in [0.25, 0.3) is 0 Å². The first kappa shape index (κ1) is 26.8. The summed E-state index contributed by atoms with van der Waals surface area (Å²) < 4.78 is 6.15. The first-order valence-electron chi connectivity index (χ1n) is 11.4. The van der Waals surface area contributed by atoms with E-state index in [4.69, 9.17) is 21.3 Å². The Morgan fingerprint density at radius 2 is 1.92 bits per heavy atom. The van der Waals surface area contributed by atoms with Gasteiger partial charge in [-0.15, -0.1) is 11.8 Å². The molecule has 2 atom stereocenters. The van der Waals surface area contributed by atoms with Crippen molar-refractivity contribution in [2.75, 3.05) is 5.75 Å². The van der Waals surface area contributed by atoms with Crippen LogP contribution in [0.3, 0.4) is 0 Å². The molecule has 1 aliphatic rings. The van der Waals surface area contributed by atoms with E-state index in [-0.39, 0.29) is 34.8 Å². The number of carbonyl (C=O) groups excluding carboxylic acids is 1. The molecule has 2 heterocycles. The van der Waals surface area contributed by atoms with Crippen LogP contribution in [0.1, 0.15) is 40.1 Å². The predicted octanol–water partition coefficient (Wildman–Crippen LogP) is 3.16. The minimum absolute atomic E-state index is 0. The fraction of sp³-hybridized carbons (Fsp3) is 0.172. The van der Waals surface area contributed by atoms with E-state index in [1.807, 2.05) is 66.7 Å². The number of hydrogen-bond donors (Lipinski definition) is 0. The maximum atomic E-state index is 11.3. The molecule has 176 valence electrons. The van der Waals surface area contributed by atoms with Gasteiger partial charge in [-0.05, 0) is 53.1 Å². The number of aromatic nitrogens is 1. The van der Waals surface area contributed by atoms with Crippen LogP contribution < -0.4 is 39.4 Å². The zero-order chi connectivity index (χ0) is 24.4. The fourth-order valence-electron chi connectivity index (χ4n) is 4.12. The summed E-state index contributed by atoms with van der Waals surface area (Å²) in [5, 5.41) is 13.0. The van der Waals surface area contributed by atoms with E-state index in [0.717, 1.165) is 44.6 Å². The summed E-state index contributed by atoms with van der Waals surface area (Å²) in [4.78, 5) is 16.0. The molecule has 0 fully saturated rings. The summed E-state index contributed by atoms with van der Waals surface area (Å²) in [7, 11) is 0. The van der Waals surface area contributed by atoms with Crippen molar-refractivity contribution in [3.8, 4) is 5.75 Å². The van der Waals surface area contributed by atoms with E-state index in [0.29, 0.717) is 17.4 Å².